The first-order valence-electron chi connectivity index (χ1n) is 9.17. The van der Waals surface area contributed by atoms with Gasteiger partial charge < -0.3 is 14.4 Å². The Morgan fingerprint density at radius 1 is 1.03 bits per heavy atom. The quantitative estimate of drug-likeness (QED) is 0.393. The van der Waals surface area contributed by atoms with Gasteiger partial charge in [-0.3, -0.25) is 25.7 Å². The normalized spacial score (nSPS) is 13.5. The molecule has 1 N–H and O–H groups in total. The average Bonchev–Trinajstić information content (AvgIpc) is 3.27. The molecule has 11 heteroatoms. The van der Waals surface area contributed by atoms with Crippen LogP contribution in [-0.4, -0.2) is 43.4 Å². The second kappa shape index (κ2) is 9.07. The molecule has 1 aliphatic rings. The molecular weight excluding hydrogens is 394 g/mol. The molecule has 0 unspecified atom stereocenters. The van der Waals surface area contributed by atoms with Crippen LogP contribution in [0.4, 0.5) is 22.7 Å². The number of methoxy groups -OCH3 is 2. The Bertz CT molecular complexity index is 988. The Balaban J connectivity index is 1.87. The molecule has 0 aliphatic carbocycles. The van der Waals surface area contributed by atoms with Crippen molar-refractivity contribution in [2.24, 2.45) is 5.10 Å². The van der Waals surface area contributed by atoms with E-state index in [0.29, 0.717) is 17.1 Å². The summed E-state index contributed by atoms with van der Waals surface area (Å²) in [6.45, 7) is 1.89. The molecule has 0 saturated carbocycles. The van der Waals surface area contributed by atoms with E-state index in [9.17, 15) is 20.2 Å². The van der Waals surface area contributed by atoms with Crippen LogP contribution in [0.2, 0.25) is 0 Å². The fraction of sp³-hybridized carbons (Fsp3) is 0.316. The first-order valence-corrected chi connectivity index (χ1v) is 9.17. The van der Waals surface area contributed by atoms with Crippen LogP contribution in [0.5, 0.6) is 11.5 Å². The number of nitrogens with zero attached hydrogens (tertiary/aromatic N) is 4. The second-order valence-electron chi connectivity index (χ2n) is 6.55. The molecule has 0 bridgehead atoms. The molecule has 158 valence electrons. The minimum atomic E-state index is -0.709. The Morgan fingerprint density at radius 2 is 1.73 bits per heavy atom. The van der Waals surface area contributed by atoms with Crippen LogP contribution in [0.25, 0.3) is 0 Å². The number of non-ortho nitro benzene ring substituents is 1. The van der Waals surface area contributed by atoms with Gasteiger partial charge in [-0.2, -0.15) is 5.10 Å². The lowest BCUT2D eigenvalue weighted by Crippen LogP contribution is -2.18. The van der Waals surface area contributed by atoms with Crippen molar-refractivity contribution >= 4 is 29.0 Å². The molecule has 1 aliphatic heterocycles. The van der Waals surface area contributed by atoms with Crippen molar-refractivity contribution < 1.29 is 19.3 Å². The maximum Gasteiger partial charge on any atom is 0.301 e. The second-order valence-corrected chi connectivity index (χ2v) is 6.55. The van der Waals surface area contributed by atoms with Crippen molar-refractivity contribution in [3.63, 3.8) is 0 Å². The van der Waals surface area contributed by atoms with Gasteiger partial charge in [-0.25, -0.2) is 0 Å². The highest BCUT2D eigenvalue weighted by atomic mass is 16.6. The van der Waals surface area contributed by atoms with Gasteiger partial charge in [0, 0.05) is 30.8 Å². The molecule has 0 radical (unpaired) electrons. The largest absolute Gasteiger partial charge is 0.496 e. The molecule has 1 saturated heterocycles. The number of nitrogens with one attached hydrogen (secondary N) is 1. The van der Waals surface area contributed by atoms with Gasteiger partial charge in [0.05, 0.1) is 42.0 Å². The number of ether oxygens (including phenoxy) is 2. The molecule has 0 aromatic heterocycles. The lowest BCUT2D eigenvalue weighted by Gasteiger charge is -2.22. The minimum absolute atomic E-state index is 0.0291. The third kappa shape index (κ3) is 4.40. The van der Waals surface area contributed by atoms with E-state index >= 15 is 0 Å². The molecule has 2 aromatic carbocycles. The lowest BCUT2D eigenvalue weighted by molar-refractivity contribution is -0.393. The van der Waals surface area contributed by atoms with Crippen LogP contribution in [0, 0.1) is 20.2 Å². The van der Waals surface area contributed by atoms with Gasteiger partial charge in [0.2, 0.25) is 0 Å². The van der Waals surface area contributed by atoms with Crippen LogP contribution in [0.3, 0.4) is 0 Å². The summed E-state index contributed by atoms with van der Waals surface area (Å²) in [7, 11) is 3.13. The summed E-state index contributed by atoms with van der Waals surface area (Å²) in [6.07, 6.45) is 3.68. The summed E-state index contributed by atoms with van der Waals surface area (Å²) < 4.78 is 11.0. The van der Waals surface area contributed by atoms with Crippen LogP contribution in [0.1, 0.15) is 18.4 Å². The molecular formula is C19H21N5O6. The topological polar surface area (TPSA) is 132 Å². The smallest absolute Gasteiger partial charge is 0.301 e. The summed E-state index contributed by atoms with van der Waals surface area (Å²) in [5.74, 6) is 1.24. The molecule has 0 amide bonds. The van der Waals surface area contributed by atoms with Crippen LogP contribution >= 0.6 is 0 Å². The summed E-state index contributed by atoms with van der Waals surface area (Å²) in [6, 6.07) is 6.94. The number of hydrogen-bond acceptors (Lipinski definition) is 9. The molecule has 1 fully saturated rings. The van der Waals surface area contributed by atoms with Crippen LogP contribution in [0.15, 0.2) is 35.4 Å². The first kappa shape index (κ1) is 20.8. The highest BCUT2D eigenvalue weighted by Gasteiger charge is 2.20. The highest BCUT2D eigenvalue weighted by Crippen LogP contribution is 2.36. The number of benzene rings is 2. The average molecular weight is 415 g/mol. The first-order chi connectivity index (χ1) is 14.4. The van der Waals surface area contributed by atoms with Crippen molar-refractivity contribution in [2.45, 2.75) is 12.8 Å². The van der Waals surface area contributed by atoms with Crippen molar-refractivity contribution in [1.82, 2.24) is 0 Å². The van der Waals surface area contributed by atoms with Gasteiger partial charge in [-0.15, -0.1) is 0 Å². The van der Waals surface area contributed by atoms with E-state index < -0.39 is 15.5 Å². The number of nitro groups is 2. The van der Waals surface area contributed by atoms with E-state index in [1.807, 2.05) is 6.07 Å². The summed E-state index contributed by atoms with van der Waals surface area (Å²) >= 11 is 0. The molecule has 0 atom stereocenters. The van der Waals surface area contributed by atoms with E-state index in [-0.39, 0.29) is 11.4 Å². The highest BCUT2D eigenvalue weighted by molar-refractivity contribution is 5.87. The number of hydrogen-bond donors (Lipinski definition) is 1. The monoisotopic (exact) mass is 415 g/mol. The van der Waals surface area contributed by atoms with Crippen molar-refractivity contribution in [3.8, 4) is 11.5 Å². The maximum absolute atomic E-state index is 11.2. The van der Waals surface area contributed by atoms with E-state index in [4.69, 9.17) is 9.47 Å². The zero-order valence-electron chi connectivity index (χ0n) is 16.5. The fourth-order valence-corrected chi connectivity index (χ4v) is 3.26. The van der Waals surface area contributed by atoms with Crippen molar-refractivity contribution in [3.05, 3.63) is 56.1 Å². The number of nitro benzene ring substituents is 2. The van der Waals surface area contributed by atoms with E-state index in [1.54, 1.807) is 20.3 Å². The molecule has 3 rings (SSSR count). The van der Waals surface area contributed by atoms with Crippen LogP contribution in [-0.2, 0) is 0 Å². The SMILES string of the molecule is COc1cc(N2CCCC2)c(OC)cc1/C=N\Nc1ccc([N+](=O)[O-])cc1[N+](=O)[O-]. The number of rotatable bonds is 8. The van der Waals surface area contributed by atoms with Gasteiger partial charge in [0.15, 0.2) is 0 Å². The minimum Gasteiger partial charge on any atom is -0.496 e. The maximum atomic E-state index is 11.2. The third-order valence-electron chi connectivity index (χ3n) is 4.76. The van der Waals surface area contributed by atoms with Gasteiger partial charge in [0.1, 0.15) is 17.2 Å². The Labute approximate surface area is 172 Å². The van der Waals surface area contributed by atoms with Crippen molar-refractivity contribution in [1.29, 1.82) is 0 Å². The molecule has 2 aromatic rings. The molecule has 0 spiro atoms. The predicted octanol–water partition coefficient (Wildman–Crippen LogP) is 3.57. The van der Waals surface area contributed by atoms with Crippen LogP contribution < -0.4 is 19.8 Å². The summed E-state index contributed by atoms with van der Waals surface area (Å²) in [5, 5.41) is 26.1. The summed E-state index contributed by atoms with van der Waals surface area (Å²) in [5.41, 5.74) is 3.31. The van der Waals surface area contributed by atoms with Gasteiger partial charge in [0.25, 0.3) is 5.69 Å². The van der Waals surface area contributed by atoms with Crippen molar-refractivity contribution in [2.75, 3.05) is 37.6 Å². The number of hydrazone groups is 1. The zero-order chi connectivity index (χ0) is 21.7. The van der Waals surface area contributed by atoms with Gasteiger partial charge in [-0.1, -0.05) is 0 Å². The standard InChI is InChI=1S/C19H21N5O6/c1-29-18-11-17(22-7-3-4-8-22)19(30-2)9-13(18)12-20-21-15-6-5-14(23(25)26)10-16(15)24(27)28/h5-6,9-12,21H,3-4,7-8H2,1-2H3/b20-12-. The molecule has 11 nitrogen and oxygen atoms in total. The van der Waals surface area contributed by atoms with E-state index in [0.717, 1.165) is 37.7 Å². The zero-order valence-corrected chi connectivity index (χ0v) is 16.5. The fourth-order valence-electron chi connectivity index (χ4n) is 3.26. The van der Waals surface area contributed by atoms with Gasteiger partial charge >= 0.3 is 5.69 Å². The Morgan fingerprint density at radius 3 is 2.33 bits per heavy atom. The van der Waals surface area contributed by atoms with Gasteiger partial charge in [-0.05, 0) is 25.0 Å². The lowest BCUT2D eigenvalue weighted by atomic mass is 10.1. The number of anilines is 2. The Kier molecular flexibility index (Phi) is 6.30. The molecule has 1 heterocycles. The Hall–Kier alpha value is -3.89. The van der Waals surface area contributed by atoms with E-state index in [1.165, 1.54) is 18.3 Å². The summed E-state index contributed by atoms with van der Waals surface area (Å²) in [4.78, 5) is 22.9. The third-order valence-corrected chi connectivity index (χ3v) is 4.76. The van der Waals surface area contributed by atoms with E-state index in [2.05, 4.69) is 15.4 Å². The predicted molar refractivity (Wildman–Crippen MR) is 112 cm³/mol. The molecule has 30 heavy (non-hydrogen) atoms.